The van der Waals surface area contributed by atoms with Gasteiger partial charge in [0.15, 0.2) is 5.82 Å². The van der Waals surface area contributed by atoms with Gasteiger partial charge in [0.25, 0.3) is 0 Å². The topological polar surface area (TPSA) is 126 Å². The molecule has 0 radical (unpaired) electrons. The van der Waals surface area contributed by atoms with Gasteiger partial charge in [-0.05, 0) is 57.6 Å². The predicted octanol–water partition coefficient (Wildman–Crippen LogP) is 2.75. The number of nitrogens with one attached hydrogen (secondary N) is 2. The number of sulfonamides is 1. The van der Waals surface area contributed by atoms with Crippen LogP contribution >= 0.6 is 0 Å². The van der Waals surface area contributed by atoms with Crippen molar-refractivity contribution >= 4 is 21.9 Å². The molecule has 1 aliphatic carbocycles. The fourth-order valence-electron chi connectivity index (χ4n) is 4.06. The Kier molecular flexibility index (Phi) is 7.96. The van der Waals surface area contributed by atoms with Crippen LogP contribution in [0.4, 0.5) is 16.3 Å². The van der Waals surface area contributed by atoms with E-state index in [9.17, 15) is 12.8 Å². The van der Waals surface area contributed by atoms with E-state index < -0.39 is 15.8 Å². The SMILES string of the molecule is CCNc1nc(NCC)nc(C(N)C2CCC(N(C)S(=O)(=O)c3ccccc3F)CC2)n1. The monoisotopic (exact) mass is 465 g/mol. The van der Waals surface area contributed by atoms with E-state index in [0.29, 0.717) is 43.7 Å². The number of benzene rings is 1. The van der Waals surface area contributed by atoms with Crippen molar-refractivity contribution in [2.24, 2.45) is 11.7 Å². The molecule has 2 aromatic rings. The Morgan fingerprint density at radius 2 is 1.62 bits per heavy atom. The third kappa shape index (κ3) is 5.33. The summed E-state index contributed by atoms with van der Waals surface area (Å²) in [6.45, 7) is 5.28. The minimum absolute atomic E-state index is 0.113. The predicted molar refractivity (Wildman–Crippen MR) is 122 cm³/mol. The zero-order valence-corrected chi connectivity index (χ0v) is 19.6. The Bertz CT molecular complexity index is 989. The molecule has 11 heteroatoms. The minimum Gasteiger partial charge on any atom is -0.354 e. The lowest BCUT2D eigenvalue weighted by molar-refractivity contribution is 0.213. The molecule has 0 spiro atoms. The summed E-state index contributed by atoms with van der Waals surface area (Å²) in [6, 6.07) is 4.86. The van der Waals surface area contributed by atoms with Crippen LogP contribution in [0.25, 0.3) is 0 Å². The Hall–Kier alpha value is -2.37. The quantitative estimate of drug-likeness (QED) is 0.516. The number of rotatable bonds is 9. The molecule has 1 aliphatic rings. The molecule has 1 aromatic carbocycles. The van der Waals surface area contributed by atoms with Crippen LogP contribution in [-0.2, 0) is 10.0 Å². The summed E-state index contributed by atoms with van der Waals surface area (Å²) in [5, 5.41) is 6.20. The van der Waals surface area contributed by atoms with Gasteiger partial charge in [-0.25, -0.2) is 12.8 Å². The molecule has 176 valence electrons. The average Bonchev–Trinajstić information content (AvgIpc) is 2.78. The third-order valence-electron chi connectivity index (χ3n) is 5.88. The van der Waals surface area contributed by atoms with Crippen LogP contribution in [0.15, 0.2) is 29.2 Å². The van der Waals surface area contributed by atoms with Crippen molar-refractivity contribution in [2.45, 2.75) is 56.5 Å². The van der Waals surface area contributed by atoms with Crippen LogP contribution < -0.4 is 16.4 Å². The van der Waals surface area contributed by atoms with Crippen molar-refractivity contribution in [1.29, 1.82) is 0 Å². The highest BCUT2D eigenvalue weighted by molar-refractivity contribution is 7.89. The second-order valence-corrected chi connectivity index (χ2v) is 9.91. The van der Waals surface area contributed by atoms with E-state index in [1.54, 1.807) is 0 Å². The molecule has 32 heavy (non-hydrogen) atoms. The Morgan fingerprint density at radius 1 is 1.06 bits per heavy atom. The van der Waals surface area contributed by atoms with Gasteiger partial charge in [-0.1, -0.05) is 12.1 Å². The lowest BCUT2D eigenvalue weighted by Crippen LogP contribution is -2.41. The summed E-state index contributed by atoms with van der Waals surface area (Å²) in [4.78, 5) is 13.0. The molecular formula is C21H32FN7O2S. The first-order valence-corrected chi connectivity index (χ1v) is 12.4. The first kappa shape index (κ1) is 24.3. The van der Waals surface area contributed by atoms with E-state index >= 15 is 0 Å². The highest BCUT2D eigenvalue weighted by Crippen LogP contribution is 2.35. The molecule has 3 rings (SSSR count). The van der Waals surface area contributed by atoms with Crippen molar-refractivity contribution in [3.63, 3.8) is 0 Å². The zero-order chi connectivity index (χ0) is 23.3. The lowest BCUT2D eigenvalue weighted by atomic mass is 9.81. The molecule has 0 amide bonds. The number of anilines is 2. The van der Waals surface area contributed by atoms with Gasteiger partial charge in [-0.15, -0.1) is 0 Å². The largest absolute Gasteiger partial charge is 0.354 e. The summed E-state index contributed by atoms with van der Waals surface area (Å²) >= 11 is 0. The van der Waals surface area contributed by atoms with E-state index in [4.69, 9.17) is 5.73 Å². The van der Waals surface area contributed by atoms with E-state index in [1.165, 1.54) is 29.6 Å². The van der Waals surface area contributed by atoms with Crippen LogP contribution in [0, 0.1) is 11.7 Å². The second-order valence-electron chi connectivity index (χ2n) is 7.95. The standard InChI is InChI=1S/C21H32FN7O2S/c1-4-24-20-26-19(27-21(28-20)25-5-2)18(23)14-10-12-15(13-11-14)29(3)32(30,31)17-9-7-6-8-16(17)22/h6-9,14-15,18H,4-5,10-13,23H2,1-3H3,(H2,24,25,26,27,28). The first-order valence-electron chi connectivity index (χ1n) is 11.0. The number of hydrogen-bond donors (Lipinski definition) is 3. The number of halogens is 1. The van der Waals surface area contributed by atoms with Crippen LogP contribution in [0.2, 0.25) is 0 Å². The minimum atomic E-state index is -3.91. The fraction of sp³-hybridized carbons (Fsp3) is 0.571. The number of nitrogens with two attached hydrogens (primary N) is 1. The van der Waals surface area contributed by atoms with Gasteiger partial charge in [-0.3, -0.25) is 0 Å². The summed E-state index contributed by atoms with van der Waals surface area (Å²) < 4.78 is 41.2. The Balaban J connectivity index is 1.69. The molecule has 4 N–H and O–H groups in total. The smallest absolute Gasteiger partial charge is 0.245 e. The van der Waals surface area contributed by atoms with Crippen LogP contribution in [-0.4, -0.2) is 53.9 Å². The van der Waals surface area contributed by atoms with Gasteiger partial charge in [0.1, 0.15) is 10.7 Å². The molecule has 0 aliphatic heterocycles. The van der Waals surface area contributed by atoms with E-state index in [-0.39, 0.29) is 22.9 Å². The highest BCUT2D eigenvalue weighted by Gasteiger charge is 2.35. The van der Waals surface area contributed by atoms with Gasteiger partial charge < -0.3 is 16.4 Å². The maximum Gasteiger partial charge on any atom is 0.245 e. The van der Waals surface area contributed by atoms with Crippen molar-refractivity contribution < 1.29 is 12.8 Å². The van der Waals surface area contributed by atoms with Crippen molar-refractivity contribution in [1.82, 2.24) is 19.3 Å². The zero-order valence-electron chi connectivity index (χ0n) is 18.8. The lowest BCUT2D eigenvalue weighted by Gasteiger charge is -2.35. The van der Waals surface area contributed by atoms with Crippen molar-refractivity contribution in [3.05, 3.63) is 35.9 Å². The number of nitrogens with zero attached hydrogens (tertiary/aromatic N) is 4. The first-order chi connectivity index (χ1) is 15.3. The summed E-state index contributed by atoms with van der Waals surface area (Å²) in [5.74, 6) is 0.851. The van der Waals surface area contributed by atoms with E-state index in [2.05, 4.69) is 25.6 Å². The number of aromatic nitrogens is 3. The second kappa shape index (κ2) is 10.5. The molecule has 1 fully saturated rings. The maximum atomic E-state index is 14.1. The van der Waals surface area contributed by atoms with Gasteiger partial charge in [0.2, 0.25) is 21.9 Å². The molecule has 0 saturated heterocycles. The van der Waals surface area contributed by atoms with Crippen LogP contribution in [0.3, 0.4) is 0 Å². The molecule has 1 atom stereocenters. The van der Waals surface area contributed by atoms with Gasteiger partial charge >= 0.3 is 0 Å². The van der Waals surface area contributed by atoms with Gasteiger partial charge in [0, 0.05) is 26.2 Å². The van der Waals surface area contributed by atoms with Crippen LogP contribution in [0.1, 0.15) is 51.4 Å². The molecular weight excluding hydrogens is 433 g/mol. The summed E-state index contributed by atoms with van der Waals surface area (Å²) in [6.07, 6.45) is 2.71. The van der Waals surface area contributed by atoms with Crippen molar-refractivity contribution in [2.75, 3.05) is 30.8 Å². The molecule has 1 aromatic heterocycles. The molecule has 0 bridgehead atoms. The summed E-state index contributed by atoms with van der Waals surface area (Å²) in [5.41, 5.74) is 6.53. The third-order valence-corrected chi connectivity index (χ3v) is 7.82. The molecule has 1 unspecified atom stereocenters. The molecule has 1 saturated carbocycles. The summed E-state index contributed by atoms with van der Waals surface area (Å²) in [7, 11) is -2.39. The molecule has 1 heterocycles. The van der Waals surface area contributed by atoms with E-state index in [1.807, 2.05) is 13.8 Å². The molecule has 9 nitrogen and oxygen atoms in total. The number of hydrogen-bond acceptors (Lipinski definition) is 8. The Labute approximate surface area is 189 Å². The van der Waals surface area contributed by atoms with E-state index in [0.717, 1.165) is 18.9 Å². The Morgan fingerprint density at radius 3 is 2.16 bits per heavy atom. The normalized spacial score (nSPS) is 20.2. The van der Waals surface area contributed by atoms with Crippen LogP contribution in [0.5, 0.6) is 0 Å². The van der Waals surface area contributed by atoms with Gasteiger partial charge in [0.05, 0.1) is 6.04 Å². The highest BCUT2D eigenvalue weighted by atomic mass is 32.2. The average molecular weight is 466 g/mol. The van der Waals surface area contributed by atoms with Crippen molar-refractivity contribution in [3.8, 4) is 0 Å². The van der Waals surface area contributed by atoms with Gasteiger partial charge in [-0.2, -0.15) is 19.3 Å². The fourth-order valence-corrected chi connectivity index (χ4v) is 5.53. The maximum absolute atomic E-state index is 14.1.